The molecule has 6 heteroatoms. The van der Waals surface area contributed by atoms with Gasteiger partial charge >= 0.3 is 0 Å². The lowest BCUT2D eigenvalue weighted by molar-refractivity contribution is 0.567. The Morgan fingerprint density at radius 1 is 1.27 bits per heavy atom. The molecule has 0 aliphatic carbocycles. The smallest absolute Gasteiger partial charge is 0.191 e. The van der Waals surface area contributed by atoms with E-state index in [-0.39, 0.29) is 11.7 Å². The number of hydrogen-bond acceptors (Lipinski definition) is 3. The molecule has 1 atom stereocenters. The summed E-state index contributed by atoms with van der Waals surface area (Å²) in [7, 11) is -1.09. The first-order chi connectivity index (χ1) is 10.5. The Morgan fingerprint density at radius 2 is 2.00 bits per heavy atom. The maximum atomic E-state index is 11.5. The van der Waals surface area contributed by atoms with Crippen LogP contribution in [0.15, 0.2) is 29.3 Å². The SMILES string of the molecule is CCc1ccccc1CNC(=NC)NCC1CCS(=O)(=O)C1. The van der Waals surface area contributed by atoms with Gasteiger partial charge in [-0.15, -0.1) is 0 Å². The van der Waals surface area contributed by atoms with Crippen molar-refractivity contribution in [3.05, 3.63) is 35.4 Å². The van der Waals surface area contributed by atoms with Gasteiger partial charge in [0, 0.05) is 20.1 Å². The highest BCUT2D eigenvalue weighted by Crippen LogP contribution is 2.17. The minimum atomic E-state index is -2.81. The van der Waals surface area contributed by atoms with E-state index >= 15 is 0 Å². The Balaban J connectivity index is 1.83. The van der Waals surface area contributed by atoms with Crippen molar-refractivity contribution in [2.45, 2.75) is 26.3 Å². The fraction of sp³-hybridized carbons (Fsp3) is 0.562. The Kier molecular flexibility index (Phi) is 5.83. The molecule has 1 aliphatic rings. The third kappa shape index (κ3) is 4.73. The molecule has 0 aromatic heterocycles. The zero-order valence-electron chi connectivity index (χ0n) is 13.3. The quantitative estimate of drug-likeness (QED) is 0.634. The Morgan fingerprint density at radius 3 is 2.59 bits per heavy atom. The first kappa shape index (κ1) is 16.8. The first-order valence-corrected chi connectivity index (χ1v) is 9.58. The van der Waals surface area contributed by atoms with Gasteiger partial charge in [0.05, 0.1) is 11.5 Å². The van der Waals surface area contributed by atoms with Crippen molar-refractivity contribution in [2.24, 2.45) is 10.9 Å². The molecule has 122 valence electrons. The van der Waals surface area contributed by atoms with Crippen LogP contribution in [-0.4, -0.2) is 39.5 Å². The lowest BCUT2D eigenvalue weighted by Gasteiger charge is -2.15. The fourth-order valence-electron chi connectivity index (χ4n) is 2.75. The van der Waals surface area contributed by atoms with Gasteiger partial charge in [-0.1, -0.05) is 31.2 Å². The highest BCUT2D eigenvalue weighted by molar-refractivity contribution is 7.91. The van der Waals surface area contributed by atoms with E-state index in [9.17, 15) is 8.42 Å². The van der Waals surface area contributed by atoms with Crippen molar-refractivity contribution in [1.29, 1.82) is 0 Å². The first-order valence-electron chi connectivity index (χ1n) is 7.75. The monoisotopic (exact) mass is 323 g/mol. The number of sulfone groups is 1. The molecule has 1 aromatic rings. The van der Waals surface area contributed by atoms with E-state index in [1.165, 1.54) is 11.1 Å². The van der Waals surface area contributed by atoms with Crippen LogP contribution in [0.4, 0.5) is 0 Å². The molecular formula is C16H25N3O2S. The van der Waals surface area contributed by atoms with Crippen LogP contribution in [0, 0.1) is 5.92 Å². The second-order valence-corrected chi connectivity index (χ2v) is 7.93. The number of nitrogens with one attached hydrogen (secondary N) is 2. The van der Waals surface area contributed by atoms with Gasteiger partial charge in [0.15, 0.2) is 15.8 Å². The molecule has 1 heterocycles. The minimum Gasteiger partial charge on any atom is -0.356 e. The summed E-state index contributed by atoms with van der Waals surface area (Å²) < 4.78 is 22.9. The van der Waals surface area contributed by atoms with Crippen LogP contribution in [0.1, 0.15) is 24.5 Å². The zero-order chi connectivity index (χ0) is 16.0. The lowest BCUT2D eigenvalue weighted by Crippen LogP contribution is -2.39. The van der Waals surface area contributed by atoms with E-state index in [1.54, 1.807) is 7.05 Å². The average molecular weight is 323 g/mol. The van der Waals surface area contributed by atoms with Gasteiger partial charge in [0.1, 0.15) is 0 Å². The van der Waals surface area contributed by atoms with E-state index in [2.05, 4.69) is 40.7 Å². The summed E-state index contributed by atoms with van der Waals surface area (Å²) in [6.07, 6.45) is 1.74. The van der Waals surface area contributed by atoms with E-state index in [1.807, 2.05) is 6.07 Å². The van der Waals surface area contributed by atoms with Crippen LogP contribution in [0.5, 0.6) is 0 Å². The molecule has 2 N–H and O–H groups in total. The lowest BCUT2D eigenvalue weighted by atomic mass is 10.1. The van der Waals surface area contributed by atoms with Crippen molar-refractivity contribution in [2.75, 3.05) is 25.1 Å². The van der Waals surface area contributed by atoms with Crippen LogP contribution in [-0.2, 0) is 22.8 Å². The van der Waals surface area contributed by atoms with E-state index < -0.39 is 9.84 Å². The van der Waals surface area contributed by atoms with Gasteiger partial charge in [-0.05, 0) is 29.9 Å². The largest absolute Gasteiger partial charge is 0.356 e. The molecule has 0 bridgehead atoms. The van der Waals surface area contributed by atoms with Crippen molar-refractivity contribution in [3.63, 3.8) is 0 Å². The summed E-state index contributed by atoms with van der Waals surface area (Å²) in [5.74, 6) is 1.51. The summed E-state index contributed by atoms with van der Waals surface area (Å²) in [6.45, 7) is 3.51. The van der Waals surface area contributed by atoms with Gasteiger partial charge in [0.25, 0.3) is 0 Å². The highest BCUT2D eigenvalue weighted by atomic mass is 32.2. The molecule has 1 fully saturated rings. The fourth-order valence-corrected chi connectivity index (χ4v) is 4.61. The number of benzene rings is 1. The maximum Gasteiger partial charge on any atom is 0.191 e. The number of hydrogen-bond donors (Lipinski definition) is 2. The molecule has 22 heavy (non-hydrogen) atoms. The average Bonchev–Trinajstić information content (AvgIpc) is 2.87. The zero-order valence-corrected chi connectivity index (χ0v) is 14.1. The molecule has 1 unspecified atom stereocenters. The van der Waals surface area contributed by atoms with Crippen molar-refractivity contribution in [3.8, 4) is 0 Å². The highest BCUT2D eigenvalue weighted by Gasteiger charge is 2.27. The second-order valence-electron chi connectivity index (χ2n) is 5.70. The molecular weight excluding hydrogens is 298 g/mol. The summed E-state index contributed by atoms with van der Waals surface area (Å²) in [4.78, 5) is 4.20. The predicted octanol–water partition coefficient (Wildman–Crippen LogP) is 1.35. The molecule has 1 saturated heterocycles. The van der Waals surface area contributed by atoms with Gasteiger partial charge in [-0.3, -0.25) is 4.99 Å². The van der Waals surface area contributed by atoms with Crippen molar-refractivity contribution < 1.29 is 8.42 Å². The summed E-state index contributed by atoms with van der Waals surface area (Å²) >= 11 is 0. The van der Waals surface area contributed by atoms with Gasteiger partial charge in [-0.2, -0.15) is 0 Å². The molecule has 0 radical (unpaired) electrons. The standard InChI is InChI=1S/C16H25N3O2S/c1-3-14-6-4-5-7-15(14)11-19-16(17-2)18-10-13-8-9-22(20,21)12-13/h4-7,13H,3,8-12H2,1-2H3,(H2,17,18,19). The Hall–Kier alpha value is -1.56. The van der Waals surface area contributed by atoms with Crippen LogP contribution >= 0.6 is 0 Å². The number of nitrogens with zero attached hydrogens (tertiary/aromatic N) is 1. The summed E-state index contributed by atoms with van der Waals surface area (Å²) in [5, 5.41) is 6.53. The van der Waals surface area contributed by atoms with Gasteiger partial charge < -0.3 is 10.6 Å². The third-order valence-electron chi connectivity index (χ3n) is 4.05. The third-order valence-corrected chi connectivity index (χ3v) is 5.89. The van der Waals surface area contributed by atoms with Crippen LogP contribution in [0.2, 0.25) is 0 Å². The topological polar surface area (TPSA) is 70.6 Å². The van der Waals surface area contributed by atoms with E-state index in [0.29, 0.717) is 18.8 Å². The summed E-state index contributed by atoms with van der Waals surface area (Å²) in [5.41, 5.74) is 2.59. The number of rotatable bonds is 5. The van der Waals surface area contributed by atoms with Gasteiger partial charge in [-0.25, -0.2) is 8.42 Å². The Bertz CT molecular complexity index is 626. The Labute approximate surface area is 133 Å². The predicted molar refractivity (Wildman–Crippen MR) is 90.8 cm³/mol. The normalized spacial score (nSPS) is 20.8. The molecule has 2 rings (SSSR count). The molecule has 0 amide bonds. The number of aliphatic imine (C=N–C) groups is 1. The molecule has 0 saturated carbocycles. The van der Waals surface area contributed by atoms with Crippen molar-refractivity contribution in [1.82, 2.24) is 10.6 Å². The van der Waals surface area contributed by atoms with E-state index in [4.69, 9.17) is 0 Å². The molecule has 1 aromatic carbocycles. The second kappa shape index (κ2) is 7.63. The van der Waals surface area contributed by atoms with Crippen molar-refractivity contribution >= 4 is 15.8 Å². The molecule has 0 spiro atoms. The number of guanidine groups is 1. The molecule has 1 aliphatic heterocycles. The maximum absolute atomic E-state index is 11.5. The van der Waals surface area contributed by atoms with Crippen LogP contribution < -0.4 is 10.6 Å². The van der Waals surface area contributed by atoms with Gasteiger partial charge in [0.2, 0.25) is 0 Å². The van der Waals surface area contributed by atoms with Crippen LogP contribution in [0.3, 0.4) is 0 Å². The molecule has 5 nitrogen and oxygen atoms in total. The van der Waals surface area contributed by atoms with Crippen LogP contribution in [0.25, 0.3) is 0 Å². The summed E-state index contributed by atoms with van der Waals surface area (Å²) in [6, 6.07) is 8.34. The minimum absolute atomic E-state index is 0.187. The van der Waals surface area contributed by atoms with E-state index in [0.717, 1.165) is 18.8 Å². The number of aryl methyl sites for hydroxylation is 1.